The number of sulfone groups is 1. The highest BCUT2D eigenvalue weighted by Gasteiger charge is 2.05. The lowest BCUT2D eigenvalue weighted by Crippen LogP contribution is -2.16. The normalized spacial score (nSPS) is 11.4. The molecule has 0 radical (unpaired) electrons. The first-order chi connectivity index (χ1) is 9.55. The molecule has 0 saturated heterocycles. The van der Waals surface area contributed by atoms with Gasteiger partial charge in [-0.2, -0.15) is 0 Å². The van der Waals surface area contributed by atoms with E-state index < -0.39 is 9.84 Å². The SMILES string of the molecule is CS(=O)(=O)c1ccc(CNCCc2ccncc2)cc1. The fraction of sp³-hybridized carbons (Fsp3) is 0.267. The van der Waals surface area contributed by atoms with Crippen LogP contribution in [0.4, 0.5) is 0 Å². The van der Waals surface area contributed by atoms with E-state index in [1.165, 1.54) is 11.8 Å². The van der Waals surface area contributed by atoms with E-state index in [4.69, 9.17) is 0 Å². The molecule has 0 fully saturated rings. The quantitative estimate of drug-likeness (QED) is 0.824. The van der Waals surface area contributed by atoms with Gasteiger partial charge in [-0.1, -0.05) is 12.1 Å². The summed E-state index contributed by atoms with van der Waals surface area (Å²) >= 11 is 0. The van der Waals surface area contributed by atoms with E-state index in [2.05, 4.69) is 10.3 Å². The van der Waals surface area contributed by atoms with Crippen LogP contribution in [-0.4, -0.2) is 26.2 Å². The van der Waals surface area contributed by atoms with Crippen molar-refractivity contribution >= 4 is 9.84 Å². The van der Waals surface area contributed by atoms with Crippen molar-refractivity contribution in [1.82, 2.24) is 10.3 Å². The molecule has 0 aliphatic carbocycles. The maximum atomic E-state index is 11.3. The Labute approximate surface area is 119 Å². The van der Waals surface area contributed by atoms with Crippen LogP contribution in [0.3, 0.4) is 0 Å². The maximum absolute atomic E-state index is 11.3. The van der Waals surface area contributed by atoms with E-state index in [9.17, 15) is 8.42 Å². The molecule has 2 rings (SSSR count). The monoisotopic (exact) mass is 290 g/mol. The van der Waals surface area contributed by atoms with Gasteiger partial charge in [-0.05, 0) is 48.4 Å². The molecular weight excluding hydrogens is 272 g/mol. The molecule has 2 aromatic rings. The number of pyridine rings is 1. The first-order valence-corrected chi connectivity index (χ1v) is 8.33. The molecule has 4 nitrogen and oxygen atoms in total. The van der Waals surface area contributed by atoms with Gasteiger partial charge < -0.3 is 5.32 Å². The molecule has 1 aromatic heterocycles. The van der Waals surface area contributed by atoms with E-state index in [0.29, 0.717) is 4.90 Å². The number of benzene rings is 1. The minimum absolute atomic E-state index is 0.359. The fourth-order valence-electron chi connectivity index (χ4n) is 1.87. The molecule has 0 amide bonds. The predicted molar refractivity (Wildman–Crippen MR) is 79.2 cm³/mol. The Kier molecular flexibility index (Phi) is 4.87. The van der Waals surface area contributed by atoms with Crippen molar-refractivity contribution in [3.63, 3.8) is 0 Å². The Morgan fingerprint density at radius 2 is 1.65 bits per heavy atom. The summed E-state index contributed by atoms with van der Waals surface area (Å²) in [5.74, 6) is 0. The van der Waals surface area contributed by atoms with Crippen LogP contribution in [0.5, 0.6) is 0 Å². The Bertz CT molecular complexity index is 637. The lowest BCUT2D eigenvalue weighted by atomic mass is 10.2. The van der Waals surface area contributed by atoms with Crippen molar-refractivity contribution in [3.8, 4) is 0 Å². The van der Waals surface area contributed by atoms with Gasteiger partial charge in [0.25, 0.3) is 0 Å². The first kappa shape index (κ1) is 14.7. The highest BCUT2D eigenvalue weighted by Crippen LogP contribution is 2.10. The van der Waals surface area contributed by atoms with Gasteiger partial charge in [0.2, 0.25) is 0 Å². The van der Waals surface area contributed by atoms with E-state index >= 15 is 0 Å². The van der Waals surface area contributed by atoms with E-state index in [0.717, 1.165) is 25.1 Å². The fourth-order valence-corrected chi connectivity index (χ4v) is 2.50. The van der Waals surface area contributed by atoms with Gasteiger partial charge in [0.15, 0.2) is 9.84 Å². The van der Waals surface area contributed by atoms with Crippen LogP contribution in [0.1, 0.15) is 11.1 Å². The topological polar surface area (TPSA) is 59.1 Å². The average Bonchev–Trinajstić information content (AvgIpc) is 2.44. The van der Waals surface area contributed by atoms with Crippen molar-refractivity contribution in [3.05, 3.63) is 59.9 Å². The van der Waals surface area contributed by atoms with Gasteiger partial charge >= 0.3 is 0 Å². The van der Waals surface area contributed by atoms with Crippen LogP contribution in [0.15, 0.2) is 53.7 Å². The molecule has 106 valence electrons. The van der Waals surface area contributed by atoms with Crippen LogP contribution < -0.4 is 5.32 Å². The number of rotatable bonds is 6. The number of hydrogen-bond acceptors (Lipinski definition) is 4. The number of nitrogens with one attached hydrogen (secondary N) is 1. The summed E-state index contributed by atoms with van der Waals surface area (Å²) in [5, 5.41) is 3.34. The second-order valence-corrected chi connectivity index (χ2v) is 6.71. The Balaban J connectivity index is 1.80. The summed E-state index contributed by atoms with van der Waals surface area (Å²) in [6.45, 7) is 1.60. The molecule has 0 bridgehead atoms. The van der Waals surface area contributed by atoms with Crippen LogP contribution in [0.2, 0.25) is 0 Å². The third-order valence-electron chi connectivity index (χ3n) is 3.02. The molecule has 5 heteroatoms. The van der Waals surface area contributed by atoms with E-state index in [1.807, 2.05) is 24.3 Å². The van der Waals surface area contributed by atoms with Gasteiger partial charge in [0, 0.05) is 25.2 Å². The maximum Gasteiger partial charge on any atom is 0.175 e. The average molecular weight is 290 g/mol. The van der Waals surface area contributed by atoms with E-state index in [-0.39, 0.29) is 0 Å². The zero-order chi connectivity index (χ0) is 14.4. The number of hydrogen-bond donors (Lipinski definition) is 1. The molecule has 0 unspecified atom stereocenters. The van der Waals surface area contributed by atoms with Gasteiger partial charge in [0.05, 0.1) is 4.90 Å². The van der Waals surface area contributed by atoms with Crippen LogP contribution in [0, 0.1) is 0 Å². The molecular formula is C15H18N2O2S. The second kappa shape index (κ2) is 6.63. The lowest BCUT2D eigenvalue weighted by Gasteiger charge is -2.06. The molecule has 1 aromatic carbocycles. The molecule has 0 aliphatic rings. The Hall–Kier alpha value is -1.72. The Morgan fingerprint density at radius 1 is 1.00 bits per heavy atom. The van der Waals surface area contributed by atoms with Gasteiger partial charge in [-0.3, -0.25) is 4.98 Å². The zero-order valence-corrected chi connectivity index (χ0v) is 12.2. The van der Waals surface area contributed by atoms with E-state index in [1.54, 1.807) is 24.5 Å². The molecule has 0 aliphatic heterocycles. The molecule has 0 spiro atoms. The summed E-state index contributed by atoms with van der Waals surface area (Å²) in [4.78, 5) is 4.34. The molecule has 0 atom stereocenters. The van der Waals surface area contributed by atoms with Gasteiger partial charge in [-0.25, -0.2) is 8.42 Å². The smallest absolute Gasteiger partial charge is 0.175 e. The van der Waals surface area contributed by atoms with Gasteiger partial charge in [0.1, 0.15) is 0 Å². The Morgan fingerprint density at radius 3 is 2.25 bits per heavy atom. The van der Waals surface area contributed by atoms with Crippen LogP contribution in [-0.2, 0) is 22.8 Å². The molecule has 0 saturated carbocycles. The molecule has 1 heterocycles. The third kappa shape index (κ3) is 4.43. The van der Waals surface area contributed by atoms with Gasteiger partial charge in [-0.15, -0.1) is 0 Å². The lowest BCUT2D eigenvalue weighted by molar-refractivity contribution is 0.601. The van der Waals surface area contributed by atoms with Crippen molar-refractivity contribution in [2.45, 2.75) is 17.9 Å². The van der Waals surface area contributed by atoms with Crippen molar-refractivity contribution < 1.29 is 8.42 Å². The highest BCUT2D eigenvalue weighted by atomic mass is 32.2. The van der Waals surface area contributed by atoms with Crippen LogP contribution >= 0.6 is 0 Å². The summed E-state index contributed by atoms with van der Waals surface area (Å²) in [5.41, 5.74) is 2.33. The second-order valence-electron chi connectivity index (χ2n) is 4.70. The van der Waals surface area contributed by atoms with Crippen LogP contribution in [0.25, 0.3) is 0 Å². The predicted octanol–water partition coefficient (Wildman–Crippen LogP) is 1.82. The number of nitrogens with zero attached hydrogens (tertiary/aromatic N) is 1. The third-order valence-corrected chi connectivity index (χ3v) is 4.15. The largest absolute Gasteiger partial charge is 0.312 e. The minimum Gasteiger partial charge on any atom is -0.312 e. The zero-order valence-electron chi connectivity index (χ0n) is 11.4. The van der Waals surface area contributed by atoms with Crippen molar-refractivity contribution in [1.29, 1.82) is 0 Å². The molecule has 20 heavy (non-hydrogen) atoms. The first-order valence-electron chi connectivity index (χ1n) is 6.44. The van der Waals surface area contributed by atoms with Crippen molar-refractivity contribution in [2.24, 2.45) is 0 Å². The standard InChI is InChI=1S/C15H18N2O2S/c1-20(18,19)15-4-2-14(3-5-15)12-17-11-8-13-6-9-16-10-7-13/h2-7,9-10,17H,8,11-12H2,1H3. The minimum atomic E-state index is -3.11. The number of aromatic nitrogens is 1. The molecule has 1 N–H and O–H groups in total. The highest BCUT2D eigenvalue weighted by molar-refractivity contribution is 7.90. The van der Waals surface area contributed by atoms with Crippen molar-refractivity contribution in [2.75, 3.05) is 12.8 Å². The summed E-state index contributed by atoms with van der Waals surface area (Å²) in [6.07, 6.45) is 5.75. The summed E-state index contributed by atoms with van der Waals surface area (Å²) in [7, 11) is -3.11. The summed E-state index contributed by atoms with van der Waals surface area (Å²) < 4.78 is 22.7. The summed E-state index contributed by atoms with van der Waals surface area (Å²) in [6, 6.07) is 11.0.